The Hall–Kier alpha value is -3.30. The van der Waals surface area contributed by atoms with Crippen molar-refractivity contribution in [3.8, 4) is 11.5 Å². The molecule has 2 fully saturated rings. The highest BCUT2D eigenvalue weighted by Crippen LogP contribution is 2.52. The number of phenols is 1. The first-order valence-electron chi connectivity index (χ1n) is 12.2. The molecule has 1 saturated carbocycles. The van der Waals surface area contributed by atoms with Gasteiger partial charge in [-0.1, -0.05) is 30.3 Å². The Morgan fingerprint density at radius 1 is 1.22 bits per heavy atom. The zero-order valence-electron chi connectivity index (χ0n) is 20.4. The normalized spacial score (nSPS) is 26.4. The van der Waals surface area contributed by atoms with Crippen LogP contribution >= 0.6 is 0 Å². The van der Waals surface area contributed by atoms with Gasteiger partial charge in [0.1, 0.15) is 11.5 Å². The van der Waals surface area contributed by atoms with E-state index in [4.69, 9.17) is 0 Å². The summed E-state index contributed by atoms with van der Waals surface area (Å²) in [7, 11) is 0. The minimum Gasteiger partial charge on any atom is -0.508 e. The number of alkyl halides is 3. The van der Waals surface area contributed by atoms with Gasteiger partial charge >= 0.3 is 6.36 Å². The fraction of sp³-hybridized carbons (Fsp3) is 0.393. The maximum Gasteiger partial charge on any atom is 0.573 e. The van der Waals surface area contributed by atoms with Crippen molar-refractivity contribution in [2.75, 3.05) is 19.6 Å². The van der Waals surface area contributed by atoms with Gasteiger partial charge in [-0.3, -0.25) is 9.69 Å². The summed E-state index contributed by atoms with van der Waals surface area (Å²) >= 11 is 0. The number of ether oxygens (including phenoxy) is 1. The van der Waals surface area contributed by atoms with Crippen LogP contribution in [-0.4, -0.2) is 58.7 Å². The number of carbonyl (C=O) groups is 1. The van der Waals surface area contributed by atoms with E-state index in [-0.39, 0.29) is 23.4 Å². The van der Waals surface area contributed by atoms with E-state index < -0.39 is 17.4 Å². The number of rotatable bonds is 7. The van der Waals surface area contributed by atoms with E-state index in [2.05, 4.69) is 21.5 Å². The van der Waals surface area contributed by atoms with Gasteiger partial charge in [0, 0.05) is 30.6 Å². The molecule has 1 amide bonds. The van der Waals surface area contributed by atoms with Crippen LogP contribution in [0.5, 0.6) is 11.5 Å². The molecule has 0 radical (unpaired) electrons. The first kappa shape index (κ1) is 26.8. The molecule has 4 rings (SSSR count). The Morgan fingerprint density at radius 3 is 2.73 bits per heavy atom. The van der Waals surface area contributed by atoms with Crippen LogP contribution in [0.2, 0.25) is 0 Å². The van der Waals surface area contributed by atoms with Crippen LogP contribution in [-0.2, 0) is 10.2 Å². The number of fused-ring (bicyclic) bond motifs is 1. The van der Waals surface area contributed by atoms with Crippen molar-refractivity contribution in [3.63, 3.8) is 0 Å². The molecule has 2 aliphatic rings. The predicted molar refractivity (Wildman–Crippen MR) is 134 cm³/mol. The molecule has 0 bridgehead atoms. The molecule has 6 nitrogen and oxygen atoms in total. The Balaban J connectivity index is 1.50. The summed E-state index contributed by atoms with van der Waals surface area (Å²) in [5.41, 5.74) is -0.477. The number of halogens is 3. The van der Waals surface area contributed by atoms with Gasteiger partial charge in [-0.15, -0.1) is 19.8 Å². The SMILES string of the molecule is C=CCN1CCC2(c3cccc(O)c3)CC(NC(=O)C=Cc3cccc(OC(F)(F)F)c3)CCC2(O)C1. The van der Waals surface area contributed by atoms with Gasteiger partial charge < -0.3 is 20.3 Å². The molecule has 3 unspecified atom stereocenters. The maximum atomic E-state index is 12.7. The lowest BCUT2D eigenvalue weighted by Gasteiger charge is -2.58. The molecule has 1 heterocycles. The van der Waals surface area contributed by atoms with E-state index in [1.165, 1.54) is 30.4 Å². The number of carbonyl (C=O) groups excluding carboxylic acids is 1. The molecule has 9 heteroatoms. The first-order valence-corrected chi connectivity index (χ1v) is 12.2. The molecule has 198 valence electrons. The number of aromatic hydroxyl groups is 1. The third kappa shape index (κ3) is 6.17. The van der Waals surface area contributed by atoms with Gasteiger partial charge in [0.15, 0.2) is 0 Å². The minimum absolute atomic E-state index is 0.119. The van der Waals surface area contributed by atoms with Crippen LogP contribution in [0.25, 0.3) is 6.08 Å². The number of hydrogen-bond donors (Lipinski definition) is 3. The van der Waals surface area contributed by atoms with Crippen LogP contribution in [0, 0.1) is 0 Å². The van der Waals surface area contributed by atoms with Crippen molar-refractivity contribution in [1.29, 1.82) is 0 Å². The maximum absolute atomic E-state index is 12.7. The van der Waals surface area contributed by atoms with Crippen molar-refractivity contribution in [1.82, 2.24) is 10.2 Å². The second-order valence-corrected chi connectivity index (χ2v) is 9.84. The average Bonchev–Trinajstić information content (AvgIpc) is 2.82. The summed E-state index contributed by atoms with van der Waals surface area (Å²) in [6, 6.07) is 12.1. The summed E-state index contributed by atoms with van der Waals surface area (Å²) in [6.45, 7) is 5.67. The third-order valence-electron chi connectivity index (χ3n) is 7.38. The summed E-state index contributed by atoms with van der Waals surface area (Å²) in [4.78, 5) is 14.9. The van der Waals surface area contributed by atoms with Crippen molar-refractivity contribution < 1.29 is 32.9 Å². The molecule has 37 heavy (non-hydrogen) atoms. The predicted octanol–water partition coefficient (Wildman–Crippen LogP) is 4.53. The Morgan fingerprint density at radius 2 is 2.00 bits per heavy atom. The molecular formula is C28H31F3N2O4. The lowest BCUT2D eigenvalue weighted by atomic mass is 9.55. The summed E-state index contributed by atoms with van der Waals surface area (Å²) in [5.74, 6) is -0.626. The Bertz CT molecular complexity index is 1170. The van der Waals surface area contributed by atoms with Gasteiger partial charge in [-0.25, -0.2) is 0 Å². The fourth-order valence-electron chi connectivity index (χ4n) is 5.76. The number of nitrogens with one attached hydrogen (secondary N) is 1. The highest BCUT2D eigenvalue weighted by Gasteiger charge is 2.57. The van der Waals surface area contributed by atoms with Crippen molar-refractivity contribution in [2.24, 2.45) is 0 Å². The number of amides is 1. The van der Waals surface area contributed by atoms with E-state index in [1.807, 2.05) is 12.1 Å². The zero-order valence-corrected chi connectivity index (χ0v) is 20.4. The lowest BCUT2D eigenvalue weighted by molar-refractivity contribution is -0.274. The third-order valence-corrected chi connectivity index (χ3v) is 7.38. The average molecular weight is 517 g/mol. The fourth-order valence-corrected chi connectivity index (χ4v) is 5.76. The number of nitrogens with zero attached hydrogens (tertiary/aromatic N) is 1. The smallest absolute Gasteiger partial charge is 0.508 e. The number of phenolic OH excluding ortho intramolecular Hbond substituents is 1. The molecule has 2 aromatic carbocycles. The van der Waals surface area contributed by atoms with Crippen LogP contribution in [0.3, 0.4) is 0 Å². The summed E-state index contributed by atoms with van der Waals surface area (Å²) in [5, 5.41) is 25.1. The number of hydrogen-bond acceptors (Lipinski definition) is 5. The van der Waals surface area contributed by atoms with Crippen molar-refractivity contribution >= 4 is 12.0 Å². The number of aliphatic hydroxyl groups is 1. The van der Waals surface area contributed by atoms with E-state index in [0.717, 1.165) is 12.1 Å². The quantitative estimate of drug-likeness (QED) is 0.372. The van der Waals surface area contributed by atoms with Gasteiger partial charge in [-0.2, -0.15) is 0 Å². The first-order chi connectivity index (χ1) is 17.5. The van der Waals surface area contributed by atoms with E-state index >= 15 is 0 Å². The largest absolute Gasteiger partial charge is 0.573 e. The summed E-state index contributed by atoms with van der Waals surface area (Å²) in [6.07, 6.45) is 1.88. The zero-order chi connectivity index (χ0) is 26.7. The topological polar surface area (TPSA) is 82.0 Å². The Labute approximate surface area is 214 Å². The van der Waals surface area contributed by atoms with Crippen LogP contribution in [0.15, 0.2) is 67.3 Å². The Kier molecular flexibility index (Phi) is 7.66. The molecule has 1 aliphatic heterocycles. The molecule has 3 N–H and O–H groups in total. The molecular weight excluding hydrogens is 485 g/mol. The van der Waals surface area contributed by atoms with Crippen LogP contribution < -0.4 is 10.1 Å². The van der Waals surface area contributed by atoms with Gasteiger partial charge in [0.2, 0.25) is 5.91 Å². The van der Waals surface area contributed by atoms with Gasteiger partial charge in [-0.05, 0) is 73.7 Å². The monoisotopic (exact) mass is 516 g/mol. The molecule has 1 saturated heterocycles. The van der Waals surface area contributed by atoms with Crippen molar-refractivity contribution in [2.45, 2.75) is 49.1 Å². The number of β-amino-alcohol motifs (C(OH)–C–C–N with tert-alkyl or cyclic N) is 1. The minimum atomic E-state index is -4.80. The molecule has 0 spiro atoms. The number of benzene rings is 2. The molecule has 2 aromatic rings. The molecule has 3 atom stereocenters. The van der Waals surface area contributed by atoms with E-state index in [1.54, 1.807) is 24.3 Å². The van der Waals surface area contributed by atoms with Gasteiger partial charge in [0.25, 0.3) is 0 Å². The number of piperidine rings is 1. The van der Waals surface area contributed by atoms with Crippen LogP contribution in [0.1, 0.15) is 36.8 Å². The molecule has 1 aliphatic carbocycles. The van der Waals surface area contributed by atoms with Gasteiger partial charge in [0.05, 0.1) is 5.60 Å². The van der Waals surface area contributed by atoms with Crippen LogP contribution in [0.4, 0.5) is 13.2 Å². The highest BCUT2D eigenvalue weighted by molar-refractivity contribution is 5.92. The van der Waals surface area contributed by atoms with E-state index in [0.29, 0.717) is 44.3 Å². The lowest BCUT2D eigenvalue weighted by Crippen LogP contribution is -2.67. The number of likely N-dealkylation sites (tertiary alicyclic amines) is 1. The molecule has 0 aromatic heterocycles. The van der Waals surface area contributed by atoms with Crippen molar-refractivity contribution in [3.05, 3.63) is 78.4 Å². The summed E-state index contributed by atoms with van der Waals surface area (Å²) < 4.78 is 41.4. The second kappa shape index (κ2) is 10.6. The van der Waals surface area contributed by atoms with E-state index in [9.17, 15) is 28.2 Å². The highest BCUT2D eigenvalue weighted by atomic mass is 19.4. The standard InChI is InChI=1S/C28H31F3N2O4/c1-2-14-33-15-13-26(21-6-4-7-23(34)17-21)18-22(11-12-27(26,36)19-33)32-25(35)10-9-20-5-3-8-24(16-20)37-28(29,30)31/h2-10,16-17,22,34,36H,1,11-15,18-19H2,(H,32,35). The second-order valence-electron chi connectivity index (χ2n) is 9.84.